The highest BCUT2D eigenvalue weighted by molar-refractivity contribution is 4.95. The third-order valence-corrected chi connectivity index (χ3v) is 5.98. The Bertz CT molecular complexity index is 294. The summed E-state index contributed by atoms with van der Waals surface area (Å²) in [7, 11) is 0. The van der Waals surface area contributed by atoms with Gasteiger partial charge in [0.15, 0.2) is 0 Å². The van der Waals surface area contributed by atoms with E-state index < -0.39 is 0 Å². The van der Waals surface area contributed by atoms with E-state index in [4.69, 9.17) is 5.73 Å². The Morgan fingerprint density at radius 2 is 1.60 bits per heavy atom. The lowest BCUT2D eigenvalue weighted by Crippen LogP contribution is -2.52. The maximum atomic E-state index is 6.04. The second-order valence-corrected chi connectivity index (χ2v) is 8.15. The van der Waals surface area contributed by atoms with Crippen molar-refractivity contribution >= 4 is 0 Å². The van der Waals surface area contributed by atoms with E-state index in [-0.39, 0.29) is 0 Å². The predicted octanol–water partition coefficient (Wildman–Crippen LogP) is 4.04. The minimum Gasteiger partial charge on any atom is -0.330 e. The molecule has 2 heteroatoms. The van der Waals surface area contributed by atoms with Gasteiger partial charge in [-0.05, 0) is 56.0 Å². The van der Waals surface area contributed by atoms with Crippen molar-refractivity contribution in [2.75, 3.05) is 13.1 Å². The van der Waals surface area contributed by atoms with Gasteiger partial charge in [0.1, 0.15) is 0 Å². The van der Waals surface area contributed by atoms with Crippen LogP contribution in [0.3, 0.4) is 0 Å². The van der Waals surface area contributed by atoms with Gasteiger partial charge in [-0.15, -0.1) is 0 Å². The summed E-state index contributed by atoms with van der Waals surface area (Å²) in [5, 5.41) is 0. The Balaban J connectivity index is 2.15. The summed E-state index contributed by atoms with van der Waals surface area (Å²) in [6.07, 6.45) is 9.80. The van der Waals surface area contributed by atoms with Crippen LogP contribution in [0.1, 0.15) is 72.6 Å². The average Bonchev–Trinajstić information content (AvgIpc) is 2.87. The van der Waals surface area contributed by atoms with Gasteiger partial charge < -0.3 is 5.73 Å². The van der Waals surface area contributed by atoms with E-state index in [9.17, 15) is 0 Å². The largest absolute Gasteiger partial charge is 0.330 e. The first kappa shape index (κ1) is 16.3. The standard InChI is InChI=1S/C18H36N2/c1-5-20(16-12-8-9-14(16)13-19)17-11-7-6-10-15(17)18(2,3)4/h14-17H,5-13,19H2,1-4H3. The monoisotopic (exact) mass is 280 g/mol. The van der Waals surface area contributed by atoms with Crippen molar-refractivity contribution < 1.29 is 0 Å². The third-order valence-electron chi connectivity index (χ3n) is 5.98. The molecule has 2 aliphatic rings. The molecule has 0 spiro atoms. The number of nitrogens with two attached hydrogens (primary N) is 1. The maximum Gasteiger partial charge on any atom is 0.0138 e. The molecule has 0 aliphatic heterocycles. The van der Waals surface area contributed by atoms with Crippen LogP contribution in [0.4, 0.5) is 0 Å². The molecule has 2 nitrogen and oxygen atoms in total. The molecule has 2 fully saturated rings. The van der Waals surface area contributed by atoms with E-state index in [0.717, 1.165) is 30.5 Å². The minimum absolute atomic E-state index is 0.440. The van der Waals surface area contributed by atoms with E-state index in [1.54, 1.807) is 0 Å². The maximum absolute atomic E-state index is 6.04. The topological polar surface area (TPSA) is 29.3 Å². The summed E-state index contributed by atoms with van der Waals surface area (Å²) in [6.45, 7) is 11.8. The fraction of sp³-hybridized carbons (Fsp3) is 1.00. The van der Waals surface area contributed by atoms with Crippen LogP contribution in [0.25, 0.3) is 0 Å². The number of nitrogens with zero attached hydrogens (tertiary/aromatic N) is 1. The van der Waals surface area contributed by atoms with Gasteiger partial charge in [-0.3, -0.25) is 4.90 Å². The molecular weight excluding hydrogens is 244 g/mol. The molecular formula is C18H36N2. The minimum atomic E-state index is 0.440. The Labute approximate surface area is 126 Å². The molecule has 0 bridgehead atoms. The van der Waals surface area contributed by atoms with Gasteiger partial charge in [0, 0.05) is 12.1 Å². The predicted molar refractivity (Wildman–Crippen MR) is 87.8 cm³/mol. The molecule has 0 amide bonds. The zero-order valence-corrected chi connectivity index (χ0v) is 14.2. The van der Waals surface area contributed by atoms with Crippen molar-refractivity contribution in [1.82, 2.24) is 4.90 Å². The molecule has 4 atom stereocenters. The van der Waals surface area contributed by atoms with Crippen molar-refractivity contribution in [3.05, 3.63) is 0 Å². The lowest BCUT2D eigenvalue weighted by Gasteiger charge is -2.48. The summed E-state index contributed by atoms with van der Waals surface area (Å²) in [5.41, 5.74) is 6.48. The number of hydrogen-bond acceptors (Lipinski definition) is 2. The lowest BCUT2D eigenvalue weighted by atomic mass is 9.68. The van der Waals surface area contributed by atoms with E-state index >= 15 is 0 Å². The van der Waals surface area contributed by atoms with Crippen molar-refractivity contribution in [2.45, 2.75) is 84.7 Å². The van der Waals surface area contributed by atoms with Crippen LogP contribution >= 0.6 is 0 Å². The van der Waals surface area contributed by atoms with Crippen LogP contribution in [0.15, 0.2) is 0 Å². The summed E-state index contributed by atoms with van der Waals surface area (Å²) in [6, 6.07) is 1.56. The van der Waals surface area contributed by atoms with E-state index in [1.807, 2.05) is 0 Å². The van der Waals surface area contributed by atoms with Gasteiger partial charge >= 0.3 is 0 Å². The fourth-order valence-electron chi connectivity index (χ4n) is 4.96. The number of hydrogen-bond donors (Lipinski definition) is 1. The van der Waals surface area contributed by atoms with Crippen LogP contribution in [-0.2, 0) is 0 Å². The lowest BCUT2D eigenvalue weighted by molar-refractivity contribution is 0.00875. The molecule has 0 aromatic carbocycles. The Morgan fingerprint density at radius 3 is 2.20 bits per heavy atom. The Morgan fingerprint density at radius 1 is 0.950 bits per heavy atom. The van der Waals surface area contributed by atoms with Crippen molar-refractivity contribution in [3.8, 4) is 0 Å². The quantitative estimate of drug-likeness (QED) is 0.842. The Hall–Kier alpha value is -0.0800. The molecule has 20 heavy (non-hydrogen) atoms. The van der Waals surface area contributed by atoms with E-state index in [1.165, 1.54) is 51.5 Å². The third kappa shape index (κ3) is 3.39. The zero-order valence-electron chi connectivity index (χ0n) is 14.2. The van der Waals surface area contributed by atoms with E-state index in [2.05, 4.69) is 32.6 Å². The molecule has 4 unspecified atom stereocenters. The summed E-state index contributed by atoms with van der Waals surface area (Å²) >= 11 is 0. The van der Waals surface area contributed by atoms with Gasteiger partial charge in [-0.2, -0.15) is 0 Å². The van der Waals surface area contributed by atoms with Crippen LogP contribution < -0.4 is 5.73 Å². The van der Waals surface area contributed by atoms with Gasteiger partial charge in [0.2, 0.25) is 0 Å². The Kier molecular flexibility index (Phi) is 5.53. The summed E-state index contributed by atoms with van der Waals surface area (Å²) < 4.78 is 0. The van der Waals surface area contributed by atoms with Gasteiger partial charge in [0.05, 0.1) is 0 Å². The molecule has 2 saturated carbocycles. The van der Waals surface area contributed by atoms with Gasteiger partial charge in [-0.1, -0.05) is 47.0 Å². The molecule has 0 heterocycles. The molecule has 2 N–H and O–H groups in total. The van der Waals surface area contributed by atoms with Crippen LogP contribution in [0.2, 0.25) is 0 Å². The smallest absolute Gasteiger partial charge is 0.0138 e. The highest BCUT2D eigenvalue weighted by Gasteiger charge is 2.41. The molecule has 0 aromatic heterocycles. The number of rotatable bonds is 4. The highest BCUT2D eigenvalue weighted by atomic mass is 15.2. The average molecular weight is 280 g/mol. The molecule has 0 radical (unpaired) electrons. The zero-order chi connectivity index (χ0) is 14.8. The SMILES string of the molecule is CCN(C1CCCC1CN)C1CCCCC1C(C)(C)C. The summed E-state index contributed by atoms with van der Waals surface area (Å²) in [5.74, 6) is 1.60. The van der Waals surface area contributed by atoms with Crippen molar-refractivity contribution in [3.63, 3.8) is 0 Å². The molecule has 0 aromatic rings. The fourth-order valence-corrected chi connectivity index (χ4v) is 4.96. The first-order valence-electron chi connectivity index (χ1n) is 8.94. The second-order valence-electron chi connectivity index (χ2n) is 8.15. The first-order valence-corrected chi connectivity index (χ1v) is 8.94. The first-order chi connectivity index (χ1) is 9.49. The van der Waals surface area contributed by atoms with Crippen LogP contribution in [0.5, 0.6) is 0 Å². The molecule has 118 valence electrons. The summed E-state index contributed by atoms with van der Waals surface area (Å²) in [4.78, 5) is 2.86. The molecule has 0 saturated heterocycles. The van der Waals surface area contributed by atoms with Crippen LogP contribution in [0, 0.1) is 17.3 Å². The second kappa shape index (κ2) is 6.79. The van der Waals surface area contributed by atoms with Gasteiger partial charge in [-0.25, -0.2) is 0 Å². The highest BCUT2D eigenvalue weighted by Crippen LogP contribution is 2.43. The van der Waals surface area contributed by atoms with Crippen LogP contribution in [-0.4, -0.2) is 30.1 Å². The van der Waals surface area contributed by atoms with Gasteiger partial charge in [0.25, 0.3) is 0 Å². The van der Waals surface area contributed by atoms with E-state index in [0.29, 0.717) is 5.41 Å². The molecule has 2 rings (SSSR count). The van der Waals surface area contributed by atoms with Crippen molar-refractivity contribution in [2.24, 2.45) is 23.0 Å². The van der Waals surface area contributed by atoms with Crippen molar-refractivity contribution in [1.29, 1.82) is 0 Å². The normalized spacial score (nSPS) is 35.7. The molecule has 2 aliphatic carbocycles.